The van der Waals surface area contributed by atoms with Crippen molar-refractivity contribution in [1.29, 1.82) is 0 Å². The molecule has 4 atom stereocenters. The van der Waals surface area contributed by atoms with Crippen molar-refractivity contribution in [1.82, 2.24) is 20.4 Å². The summed E-state index contributed by atoms with van der Waals surface area (Å²) in [4.78, 5) is 12.4. The molecule has 2 heterocycles. The minimum atomic E-state index is -0.249. The number of hydrogen-bond acceptors (Lipinski definition) is 4. The molecule has 7 heteroatoms. The second kappa shape index (κ2) is 7.44. The van der Waals surface area contributed by atoms with Crippen molar-refractivity contribution < 1.29 is 9.90 Å². The Morgan fingerprint density at radius 2 is 2.32 bits per heavy atom. The van der Waals surface area contributed by atoms with Gasteiger partial charge in [0.15, 0.2) is 0 Å². The Bertz CT molecular complexity index is 507. The third kappa shape index (κ3) is 3.62. The molecule has 3 N–H and O–H groups in total. The van der Waals surface area contributed by atoms with Crippen LogP contribution in [0, 0.1) is 11.8 Å². The second-order valence-corrected chi connectivity index (χ2v) is 6.32. The predicted molar refractivity (Wildman–Crippen MR) is 85.9 cm³/mol. The third-order valence-corrected chi connectivity index (χ3v) is 4.86. The molecular formula is C15H25ClN4O2. The molecule has 1 saturated heterocycles. The fraction of sp³-hybridized carbons (Fsp3) is 0.733. The van der Waals surface area contributed by atoms with Crippen LogP contribution >= 0.6 is 12.4 Å². The number of halogens is 1. The Hall–Kier alpha value is -1.11. The summed E-state index contributed by atoms with van der Waals surface area (Å²) in [6.07, 6.45) is 6.52. The summed E-state index contributed by atoms with van der Waals surface area (Å²) < 4.78 is 1.78. The predicted octanol–water partition coefficient (Wildman–Crippen LogP) is 0.422. The summed E-state index contributed by atoms with van der Waals surface area (Å²) in [7, 11) is 1.89. The largest absolute Gasteiger partial charge is 0.393 e. The molecule has 0 bridgehead atoms. The number of aliphatic hydroxyl groups excluding tert-OH is 1. The Morgan fingerprint density at radius 3 is 2.95 bits per heavy atom. The quantitative estimate of drug-likeness (QED) is 0.748. The van der Waals surface area contributed by atoms with Gasteiger partial charge in [0, 0.05) is 44.7 Å². The van der Waals surface area contributed by atoms with Crippen LogP contribution in [0.1, 0.15) is 30.7 Å². The van der Waals surface area contributed by atoms with Crippen LogP contribution in [0.15, 0.2) is 12.4 Å². The highest BCUT2D eigenvalue weighted by atomic mass is 35.5. The van der Waals surface area contributed by atoms with Crippen LogP contribution in [-0.4, -0.2) is 46.5 Å². The number of aryl methyl sites for hydroxylation is 1. The van der Waals surface area contributed by atoms with Crippen LogP contribution < -0.4 is 10.6 Å². The number of carbonyl (C=O) groups is 1. The van der Waals surface area contributed by atoms with Crippen LogP contribution in [-0.2, 0) is 11.8 Å². The molecule has 0 spiro atoms. The van der Waals surface area contributed by atoms with E-state index in [1.807, 2.05) is 19.4 Å². The fourth-order valence-corrected chi connectivity index (χ4v) is 3.55. The lowest BCUT2D eigenvalue weighted by molar-refractivity contribution is -0.125. The maximum absolute atomic E-state index is 12.4. The van der Waals surface area contributed by atoms with Gasteiger partial charge in [-0.15, -0.1) is 12.4 Å². The fourth-order valence-electron chi connectivity index (χ4n) is 3.55. The monoisotopic (exact) mass is 328 g/mol. The van der Waals surface area contributed by atoms with Gasteiger partial charge in [0.05, 0.1) is 18.2 Å². The Kier molecular flexibility index (Phi) is 5.83. The number of aromatic nitrogens is 2. The number of carbonyl (C=O) groups excluding carboxylic acids is 1. The zero-order valence-electron chi connectivity index (χ0n) is 12.9. The van der Waals surface area contributed by atoms with Gasteiger partial charge < -0.3 is 15.7 Å². The Labute approximate surface area is 137 Å². The van der Waals surface area contributed by atoms with Crippen molar-refractivity contribution in [3.63, 3.8) is 0 Å². The Morgan fingerprint density at radius 1 is 1.50 bits per heavy atom. The van der Waals surface area contributed by atoms with Gasteiger partial charge in [0.25, 0.3) is 0 Å². The lowest BCUT2D eigenvalue weighted by Gasteiger charge is -2.20. The van der Waals surface area contributed by atoms with E-state index < -0.39 is 0 Å². The van der Waals surface area contributed by atoms with Crippen LogP contribution in [0.4, 0.5) is 0 Å². The molecule has 2 aliphatic rings. The van der Waals surface area contributed by atoms with Crippen LogP contribution in [0.2, 0.25) is 0 Å². The van der Waals surface area contributed by atoms with Gasteiger partial charge in [0.2, 0.25) is 5.91 Å². The summed E-state index contributed by atoms with van der Waals surface area (Å²) in [5, 5.41) is 20.4. The maximum Gasteiger partial charge on any atom is 0.225 e. The van der Waals surface area contributed by atoms with E-state index >= 15 is 0 Å². The highest BCUT2D eigenvalue weighted by molar-refractivity contribution is 5.85. The van der Waals surface area contributed by atoms with Crippen molar-refractivity contribution in [3.8, 4) is 0 Å². The average Bonchev–Trinajstić information content (AvgIpc) is 3.16. The van der Waals surface area contributed by atoms with E-state index in [1.54, 1.807) is 4.68 Å². The molecule has 22 heavy (non-hydrogen) atoms. The molecule has 2 unspecified atom stereocenters. The normalized spacial score (nSPS) is 31.0. The first-order chi connectivity index (χ1) is 10.1. The van der Waals surface area contributed by atoms with Crippen molar-refractivity contribution in [2.24, 2.45) is 18.9 Å². The van der Waals surface area contributed by atoms with Gasteiger partial charge >= 0.3 is 0 Å². The standard InChI is InChI=1S/C15H24N4O2.ClH/c1-19-9-11(6-18-19)12-7-16-8-13(12)15(21)17-5-10-3-2-4-14(10)20;/h6,9-10,12-14,16,20H,2-5,7-8H2,1H3,(H,17,21);1H/t10?,12-,13+,14?;/m1./s1. The minimum absolute atomic E-state index is 0. The van der Waals surface area contributed by atoms with Crippen LogP contribution in [0.25, 0.3) is 0 Å². The molecule has 1 aliphatic carbocycles. The topological polar surface area (TPSA) is 79.2 Å². The third-order valence-electron chi connectivity index (χ3n) is 4.86. The van der Waals surface area contributed by atoms with Crippen molar-refractivity contribution in [3.05, 3.63) is 18.0 Å². The van der Waals surface area contributed by atoms with E-state index in [1.165, 1.54) is 0 Å². The summed E-state index contributed by atoms with van der Waals surface area (Å²) in [6, 6.07) is 0. The molecule has 3 rings (SSSR count). The van der Waals surface area contributed by atoms with E-state index in [0.717, 1.165) is 31.4 Å². The Balaban J connectivity index is 0.00000176. The minimum Gasteiger partial charge on any atom is -0.393 e. The molecule has 1 amide bonds. The molecule has 1 saturated carbocycles. The van der Waals surface area contributed by atoms with Gasteiger partial charge in [-0.3, -0.25) is 9.48 Å². The van der Waals surface area contributed by atoms with E-state index in [2.05, 4.69) is 15.7 Å². The molecule has 2 fully saturated rings. The number of amides is 1. The summed E-state index contributed by atoms with van der Waals surface area (Å²) in [6.45, 7) is 2.12. The van der Waals surface area contributed by atoms with Crippen molar-refractivity contribution in [2.75, 3.05) is 19.6 Å². The number of hydrogen-bond donors (Lipinski definition) is 3. The first-order valence-electron chi connectivity index (χ1n) is 7.80. The summed E-state index contributed by atoms with van der Waals surface area (Å²) in [5.41, 5.74) is 1.11. The smallest absolute Gasteiger partial charge is 0.225 e. The molecule has 1 aliphatic heterocycles. The van der Waals surface area contributed by atoms with Crippen molar-refractivity contribution >= 4 is 18.3 Å². The van der Waals surface area contributed by atoms with Crippen LogP contribution in [0.3, 0.4) is 0 Å². The molecule has 0 radical (unpaired) electrons. The lowest BCUT2D eigenvalue weighted by atomic mass is 9.90. The number of aliphatic hydroxyl groups is 1. The van der Waals surface area contributed by atoms with Crippen LogP contribution in [0.5, 0.6) is 0 Å². The lowest BCUT2D eigenvalue weighted by Crippen LogP contribution is -2.38. The second-order valence-electron chi connectivity index (χ2n) is 6.32. The van der Waals surface area contributed by atoms with E-state index in [0.29, 0.717) is 13.1 Å². The van der Waals surface area contributed by atoms with Gasteiger partial charge in [-0.25, -0.2) is 0 Å². The zero-order valence-corrected chi connectivity index (χ0v) is 13.7. The van der Waals surface area contributed by atoms with E-state index in [4.69, 9.17) is 0 Å². The molecule has 6 nitrogen and oxygen atoms in total. The number of rotatable bonds is 4. The summed E-state index contributed by atoms with van der Waals surface area (Å²) in [5.74, 6) is 0.452. The first-order valence-corrected chi connectivity index (χ1v) is 7.80. The molecule has 124 valence electrons. The summed E-state index contributed by atoms with van der Waals surface area (Å²) >= 11 is 0. The van der Waals surface area contributed by atoms with E-state index in [9.17, 15) is 9.90 Å². The first kappa shape index (κ1) is 17.2. The van der Waals surface area contributed by atoms with Gasteiger partial charge in [-0.2, -0.15) is 5.10 Å². The zero-order chi connectivity index (χ0) is 14.8. The highest BCUT2D eigenvalue weighted by Gasteiger charge is 2.35. The molecular weight excluding hydrogens is 304 g/mol. The van der Waals surface area contributed by atoms with Gasteiger partial charge in [-0.1, -0.05) is 6.42 Å². The maximum atomic E-state index is 12.4. The highest BCUT2D eigenvalue weighted by Crippen LogP contribution is 2.29. The molecule has 1 aromatic heterocycles. The SMILES string of the molecule is Cl.Cn1cc([C@H]2CNC[C@@H]2C(=O)NCC2CCCC2O)cn1. The number of nitrogens with zero attached hydrogens (tertiary/aromatic N) is 2. The molecule has 0 aromatic carbocycles. The number of nitrogens with one attached hydrogen (secondary N) is 2. The van der Waals surface area contributed by atoms with E-state index in [-0.39, 0.29) is 42.2 Å². The average molecular weight is 329 g/mol. The van der Waals surface area contributed by atoms with Gasteiger partial charge in [0.1, 0.15) is 0 Å². The van der Waals surface area contributed by atoms with Gasteiger partial charge in [-0.05, 0) is 18.4 Å². The van der Waals surface area contributed by atoms with Crippen molar-refractivity contribution in [2.45, 2.75) is 31.3 Å². The molecule has 1 aromatic rings.